The normalized spacial score (nSPS) is 11.2. The molecule has 0 saturated heterocycles. The van der Waals surface area contributed by atoms with Gasteiger partial charge in [0.1, 0.15) is 0 Å². The summed E-state index contributed by atoms with van der Waals surface area (Å²) in [4.78, 5) is 16.1. The summed E-state index contributed by atoms with van der Waals surface area (Å²) in [5.41, 5.74) is 2.04. The lowest BCUT2D eigenvalue weighted by molar-refractivity contribution is -0.123. The Morgan fingerprint density at radius 3 is 2.50 bits per heavy atom. The standard InChI is InChI=1S/C16H17ClN2O/c1-16(2,3)15(20)19-14-7-5-4-6-12(14)11-8-9-18-10-13(11)17/h4-10H,1-3H3,(H,19,20). The Balaban J connectivity index is 2.42. The second-order valence-electron chi connectivity index (χ2n) is 5.61. The minimum atomic E-state index is -0.449. The van der Waals surface area contributed by atoms with Crippen molar-refractivity contribution >= 4 is 23.2 Å². The molecule has 0 aliphatic carbocycles. The highest BCUT2D eigenvalue weighted by molar-refractivity contribution is 6.33. The molecule has 1 N–H and O–H groups in total. The molecule has 0 spiro atoms. The Labute approximate surface area is 124 Å². The Bertz CT molecular complexity index is 632. The summed E-state index contributed by atoms with van der Waals surface area (Å²) in [5, 5.41) is 3.52. The summed E-state index contributed by atoms with van der Waals surface area (Å²) in [5.74, 6) is -0.0323. The maximum absolute atomic E-state index is 12.1. The van der Waals surface area contributed by atoms with Crippen molar-refractivity contribution in [1.29, 1.82) is 0 Å². The van der Waals surface area contributed by atoms with Crippen LogP contribution in [0.3, 0.4) is 0 Å². The molecule has 1 aromatic heterocycles. The summed E-state index contributed by atoms with van der Waals surface area (Å²) in [6.07, 6.45) is 3.28. The van der Waals surface area contributed by atoms with E-state index in [4.69, 9.17) is 11.6 Å². The number of rotatable bonds is 2. The number of benzene rings is 1. The van der Waals surface area contributed by atoms with E-state index in [1.54, 1.807) is 12.4 Å². The fourth-order valence-electron chi connectivity index (χ4n) is 1.73. The van der Waals surface area contributed by atoms with Crippen LogP contribution in [0.5, 0.6) is 0 Å². The Morgan fingerprint density at radius 2 is 1.85 bits per heavy atom. The van der Waals surface area contributed by atoms with E-state index < -0.39 is 5.41 Å². The van der Waals surface area contributed by atoms with Gasteiger partial charge in [-0.15, -0.1) is 0 Å². The number of hydrogen-bond acceptors (Lipinski definition) is 2. The highest BCUT2D eigenvalue weighted by Crippen LogP contribution is 2.33. The van der Waals surface area contributed by atoms with Crippen molar-refractivity contribution in [2.45, 2.75) is 20.8 Å². The van der Waals surface area contributed by atoms with Crippen LogP contribution >= 0.6 is 11.6 Å². The van der Waals surface area contributed by atoms with Gasteiger partial charge in [-0.3, -0.25) is 9.78 Å². The van der Waals surface area contributed by atoms with Crippen LogP contribution in [-0.2, 0) is 4.79 Å². The molecule has 1 amide bonds. The van der Waals surface area contributed by atoms with Crippen LogP contribution in [0.4, 0.5) is 5.69 Å². The zero-order valence-electron chi connectivity index (χ0n) is 11.8. The second-order valence-corrected chi connectivity index (χ2v) is 6.01. The predicted molar refractivity (Wildman–Crippen MR) is 82.8 cm³/mol. The number of nitrogens with zero attached hydrogens (tertiary/aromatic N) is 1. The number of halogens is 1. The van der Waals surface area contributed by atoms with Crippen LogP contribution in [0.15, 0.2) is 42.7 Å². The third-order valence-electron chi connectivity index (χ3n) is 2.92. The van der Waals surface area contributed by atoms with Gasteiger partial charge in [0.15, 0.2) is 0 Å². The molecule has 0 radical (unpaired) electrons. The number of hydrogen-bond donors (Lipinski definition) is 1. The monoisotopic (exact) mass is 288 g/mol. The van der Waals surface area contributed by atoms with Crippen LogP contribution in [-0.4, -0.2) is 10.9 Å². The van der Waals surface area contributed by atoms with E-state index >= 15 is 0 Å². The zero-order valence-corrected chi connectivity index (χ0v) is 12.5. The fourth-order valence-corrected chi connectivity index (χ4v) is 1.95. The largest absolute Gasteiger partial charge is 0.325 e. The number of anilines is 1. The molecule has 0 bridgehead atoms. The maximum atomic E-state index is 12.1. The topological polar surface area (TPSA) is 42.0 Å². The van der Waals surface area contributed by atoms with Crippen molar-refractivity contribution in [2.24, 2.45) is 5.41 Å². The highest BCUT2D eigenvalue weighted by Gasteiger charge is 2.22. The molecule has 3 nitrogen and oxygen atoms in total. The molecule has 104 valence electrons. The lowest BCUT2D eigenvalue weighted by Gasteiger charge is -2.19. The molecule has 20 heavy (non-hydrogen) atoms. The number of nitrogens with one attached hydrogen (secondary N) is 1. The molecule has 0 aliphatic heterocycles. The van der Waals surface area contributed by atoms with Crippen LogP contribution in [0, 0.1) is 5.41 Å². The highest BCUT2D eigenvalue weighted by atomic mass is 35.5. The van der Waals surface area contributed by atoms with Gasteiger partial charge in [0.05, 0.1) is 5.02 Å². The molecule has 0 fully saturated rings. The van der Waals surface area contributed by atoms with Crippen molar-refractivity contribution in [2.75, 3.05) is 5.32 Å². The van der Waals surface area contributed by atoms with E-state index in [0.717, 1.165) is 16.8 Å². The Morgan fingerprint density at radius 1 is 1.15 bits per heavy atom. The maximum Gasteiger partial charge on any atom is 0.229 e. The number of amides is 1. The van der Waals surface area contributed by atoms with Gasteiger partial charge < -0.3 is 5.32 Å². The molecular formula is C16H17ClN2O. The molecule has 1 heterocycles. The lowest BCUT2D eigenvalue weighted by Crippen LogP contribution is -2.27. The first-order valence-electron chi connectivity index (χ1n) is 6.40. The summed E-state index contributed by atoms with van der Waals surface area (Å²) in [6.45, 7) is 5.64. The number of pyridine rings is 1. The number of carbonyl (C=O) groups is 1. The molecule has 1 aromatic carbocycles. The Hall–Kier alpha value is -1.87. The lowest BCUT2D eigenvalue weighted by atomic mass is 9.95. The van der Waals surface area contributed by atoms with E-state index in [2.05, 4.69) is 10.3 Å². The van der Waals surface area contributed by atoms with Crippen molar-refractivity contribution in [1.82, 2.24) is 4.98 Å². The molecule has 4 heteroatoms. The quantitative estimate of drug-likeness (QED) is 0.890. The fraction of sp³-hybridized carbons (Fsp3) is 0.250. The van der Waals surface area contributed by atoms with Crippen LogP contribution in [0.1, 0.15) is 20.8 Å². The van der Waals surface area contributed by atoms with Gasteiger partial charge in [-0.05, 0) is 12.1 Å². The van der Waals surface area contributed by atoms with E-state index in [9.17, 15) is 4.79 Å². The third-order valence-corrected chi connectivity index (χ3v) is 3.22. The van der Waals surface area contributed by atoms with Gasteiger partial charge >= 0.3 is 0 Å². The third kappa shape index (κ3) is 3.17. The minimum absolute atomic E-state index is 0.0323. The van der Waals surface area contributed by atoms with Crippen molar-refractivity contribution < 1.29 is 4.79 Å². The van der Waals surface area contributed by atoms with Crippen LogP contribution in [0.25, 0.3) is 11.1 Å². The first-order chi connectivity index (χ1) is 9.39. The summed E-state index contributed by atoms with van der Waals surface area (Å²) < 4.78 is 0. The van der Waals surface area contributed by atoms with Gasteiger partial charge in [0, 0.05) is 34.6 Å². The average Bonchev–Trinajstić information content (AvgIpc) is 2.39. The molecule has 0 atom stereocenters. The molecule has 0 aliphatic rings. The average molecular weight is 289 g/mol. The number of carbonyl (C=O) groups excluding carboxylic acids is 1. The number of aromatic nitrogens is 1. The Kier molecular flexibility index (Phi) is 4.09. The van der Waals surface area contributed by atoms with E-state index in [1.165, 1.54) is 0 Å². The van der Waals surface area contributed by atoms with Gasteiger partial charge in [0.25, 0.3) is 0 Å². The predicted octanol–water partition coefficient (Wildman–Crippen LogP) is 4.39. The molecular weight excluding hydrogens is 272 g/mol. The molecule has 0 unspecified atom stereocenters. The smallest absolute Gasteiger partial charge is 0.229 e. The van der Waals surface area contributed by atoms with Crippen molar-refractivity contribution in [3.63, 3.8) is 0 Å². The van der Waals surface area contributed by atoms with Crippen LogP contribution in [0.2, 0.25) is 5.02 Å². The second kappa shape index (κ2) is 5.63. The zero-order chi connectivity index (χ0) is 14.8. The van der Waals surface area contributed by atoms with Gasteiger partial charge in [-0.2, -0.15) is 0 Å². The SMILES string of the molecule is CC(C)(C)C(=O)Nc1ccccc1-c1ccncc1Cl. The van der Waals surface area contributed by atoms with Gasteiger partial charge in [-0.25, -0.2) is 0 Å². The van der Waals surface area contributed by atoms with Gasteiger partial charge in [0.2, 0.25) is 5.91 Å². The van der Waals surface area contributed by atoms with Crippen molar-refractivity contribution in [3.05, 3.63) is 47.7 Å². The molecule has 0 saturated carbocycles. The number of para-hydroxylation sites is 1. The van der Waals surface area contributed by atoms with Crippen LogP contribution < -0.4 is 5.32 Å². The summed E-state index contributed by atoms with van der Waals surface area (Å²) in [6, 6.07) is 9.44. The molecule has 2 rings (SSSR count). The summed E-state index contributed by atoms with van der Waals surface area (Å²) in [7, 11) is 0. The summed E-state index contributed by atoms with van der Waals surface area (Å²) >= 11 is 6.18. The van der Waals surface area contributed by atoms with E-state index in [-0.39, 0.29) is 5.91 Å². The van der Waals surface area contributed by atoms with E-state index in [0.29, 0.717) is 5.02 Å². The first-order valence-corrected chi connectivity index (χ1v) is 6.78. The first kappa shape index (κ1) is 14.5. The van der Waals surface area contributed by atoms with E-state index in [1.807, 2.05) is 51.1 Å². The van der Waals surface area contributed by atoms with Gasteiger partial charge in [-0.1, -0.05) is 50.6 Å². The molecule has 2 aromatic rings. The minimum Gasteiger partial charge on any atom is -0.325 e. The van der Waals surface area contributed by atoms with Crippen molar-refractivity contribution in [3.8, 4) is 11.1 Å².